The molecule has 0 amide bonds. The fraction of sp³-hybridized carbons (Fsp3) is 0.500. The minimum atomic E-state index is -0.257. The number of nitrogens with zero attached hydrogens (tertiary/aromatic N) is 2. The van der Waals surface area contributed by atoms with Crippen molar-refractivity contribution in [3.63, 3.8) is 0 Å². The Morgan fingerprint density at radius 2 is 2.16 bits per heavy atom. The highest BCUT2D eigenvalue weighted by Gasteiger charge is 2.34. The van der Waals surface area contributed by atoms with E-state index in [1.165, 1.54) is 38.1 Å². The summed E-state index contributed by atoms with van der Waals surface area (Å²) >= 11 is 0. The zero-order valence-corrected chi connectivity index (χ0v) is 10.6. The van der Waals surface area contributed by atoms with Gasteiger partial charge in [-0.05, 0) is 50.0 Å². The van der Waals surface area contributed by atoms with Gasteiger partial charge in [-0.3, -0.25) is 0 Å². The molecule has 2 bridgehead atoms. The summed E-state index contributed by atoms with van der Waals surface area (Å²) in [5.74, 6) is 1.12. The first kappa shape index (κ1) is 11.2. The molecule has 3 fully saturated rings. The molecule has 0 aliphatic carbocycles. The Hall–Kier alpha value is -1.62. The summed E-state index contributed by atoms with van der Waals surface area (Å²) in [5, 5.41) is 8.22. The molecule has 19 heavy (non-hydrogen) atoms. The molecule has 1 aromatic carbocycles. The van der Waals surface area contributed by atoms with Crippen LogP contribution >= 0.6 is 0 Å². The van der Waals surface area contributed by atoms with Crippen LogP contribution in [-0.2, 0) is 0 Å². The van der Waals surface area contributed by atoms with Crippen LogP contribution in [0, 0.1) is 11.7 Å². The van der Waals surface area contributed by atoms with Gasteiger partial charge < -0.3 is 14.7 Å². The zero-order valence-electron chi connectivity index (χ0n) is 10.6. The number of halogens is 1. The van der Waals surface area contributed by atoms with E-state index < -0.39 is 0 Å². The topological polar surface area (TPSA) is 41.3 Å². The third kappa shape index (κ3) is 1.89. The highest BCUT2D eigenvalue weighted by Crippen LogP contribution is 2.31. The predicted octanol–water partition coefficient (Wildman–Crippen LogP) is 2.47. The Bertz CT molecular complexity index is 604. The van der Waals surface area contributed by atoms with Gasteiger partial charge in [0.05, 0.1) is 5.39 Å². The Labute approximate surface area is 110 Å². The van der Waals surface area contributed by atoms with Crippen LogP contribution < -0.4 is 5.32 Å². The average molecular weight is 261 g/mol. The van der Waals surface area contributed by atoms with Gasteiger partial charge in [-0.15, -0.1) is 0 Å². The third-order valence-corrected chi connectivity index (χ3v) is 4.41. The number of benzene rings is 1. The van der Waals surface area contributed by atoms with E-state index in [1.807, 2.05) is 0 Å². The molecule has 3 saturated heterocycles. The molecule has 4 heterocycles. The monoisotopic (exact) mass is 261 g/mol. The molecule has 4 nitrogen and oxygen atoms in total. The van der Waals surface area contributed by atoms with Gasteiger partial charge >= 0.3 is 0 Å². The van der Waals surface area contributed by atoms with Crippen LogP contribution in [0.15, 0.2) is 22.7 Å². The molecule has 0 saturated carbocycles. The number of aromatic nitrogens is 1. The predicted molar refractivity (Wildman–Crippen MR) is 70.5 cm³/mol. The molecular weight excluding hydrogens is 245 g/mol. The summed E-state index contributed by atoms with van der Waals surface area (Å²) in [6.45, 7) is 3.46. The van der Waals surface area contributed by atoms with Gasteiger partial charge in [-0.1, -0.05) is 5.16 Å². The van der Waals surface area contributed by atoms with E-state index in [-0.39, 0.29) is 5.82 Å². The molecule has 1 N–H and O–H groups in total. The maximum absolute atomic E-state index is 13.3. The van der Waals surface area contributed by atoms with Crippen molar-refractivity contribution in [1.29, 1.82) is 0 Å². The summed E-state index contributed by atoms with van der Waals surface area (Å²) in [6.07, 6.45) is 2.48. The number of piperidine rings is 3. The highest BCUT2D eigenvalue weighted by molar-refractivity contribution is 5.88. The second-order valence-corrected chi connectivity index (χ2v) is 5.56. The van der Waals surface area contributed by atoms with E-state index >= 15 is 0 Å². The maximum atomic E-state index is 13.3. The minimum Gasteiger partial charge on any atom is -0.362 e. The summed E-state index contributed by atoms with van der Waals surface area (Å²) in [5.41, 5.74) is 0.630. The zero-order chi connectivity index (χ0) is 12.8. The Kier molecular flexibility index (Phi) is 2.48. The molecule has 1 atom stereocenters. The summed E-state index contributed by atoms with van der Waals surface area (Å²) in [7, 11) is 0. The fourth-order valence-corrected chi connectivity index (χ4v) is 3.32. The van der Waals surface area contributed by atoms with Gasteiger partial charge in [0.25, 0.3) is 0 Å². The number of fused-ring (bicyclic) bond motifs is 4. The quantitative estimate of drug-likeness (QED) is 0.901. The standard InChI is InChI=1S/C14H16FN3O/c15-10-1-2-13-11(7-10)14(17-19-13)16-12-8-18-5-3-9(12)4-6-18/h1-2,7,9,12H,3-6,8H2,(H,16,17)/t12-/m1/s1. The van der Waals surface area contributed by atoms with Crippen molar-refractivity contribution >= 4 is 16.8 Å². The number of anilines is 1. The minimum absolute atomic E-state index is 0.257. The smallest absolute Gasteiger partial charge is 0.177 e. The molecule has 3 aliphatic heterocycles. The maximum Gasteiger partial charge on any atom is 0.177 e. The largest absolute Gasteiger partial charge is 0.362 e. The van der Waals surface area contributed by atoms with Crippen LogP contribution in [0.3, 0.4) is 0 Å². The van der Waals surface area contributed by atoms with E-state index in [0.717, 1.165) is 11.9 Å². The van der Waals surface area contributed by atoms with Crippen LogP contribution in [0.5, 0.6) is 0 Å². The van der Waals surface area contributed by atoms with Gasteiger partial charge in [-0.2, -0.15) is 0 Å². The highest BCUT2D eigenvalue weighted by atomic mass is 19.1. The average Bonchev–Trinajstić information content (AvgIpc) is 2.83. The lowest BCUT2D eigenvalue weighted by Crippen LogP contribution is -2.53. The lowest BCUT2D eigenvalue weighted by Gasteiger charge is -2.44. The van der Waals surface area contributed by atoms with Crippen LogP contribution in [0.1, 0.15) is 12.8 Å². The second kappa shape index (κ2) is 4.20. The third-order valence-electron chi connectivity index (χ3n) is 4.41. The number of rotatable bonds is 2. The van der Waals surface area contributed by atoms with Crippen LogP contribution in [0.25, 0.3) is 11.0 Å². The van der Waals surface area contributed by atoms with E-state index in [4.69, 9.17) is 4.52 Å². The molecule has 0 spiro atoms. The molecule has 100 valence electrons. The number of nitrogens with one attached hydrogen (secondary N) is 1. The lowest BCUT2D eigenvalue weighted by atomic mass is 9.84. The van der Waals surface area contributed by atoms with Gasteiger partial charge in [0.1, 0.15) is 5.82 Å². The Morgan fingerprint density at radius 3 is 2.89 bits per heavy atom. The molecule has 3 aliphatic rings. The van der Waals surface area contributed by atoms with Crippen molar-refractivity contribution in [3.8, 4) is 0 Å². The SMILES string of the molecule is Fc1ccc2onc(N[C@@H]3CN4CCC3CC4)c2c1. The van der Waals surface area contributed by atoms with Gasteiger partial charge in [0, 0.05) is 12.6 Å². The van der Waals surface area contributed by atoms with Crippen molar-refractivity contribution in [3.05, 3.63) is 24.0 Å². The second-order valence-electron chi connectivity index (χ2n) is 5.56. The van der Waals surface area contributed by atoms with Crippen LogP contribution in [0.2, 0.25) is 0 Å². The molecule has 0 unspecified atom stereocenters. The van der Waals surface area contributed by atoms with Gasteiger partial charge in [0.15, 0.2) is 11.4 Å². The van der Waals surface area contributed by atoms with E-state index in [0.29, 0.717) is 23.4 Å². The van der Waals surface area contributed by atoms with Crippen molar-refractivity contribution in [2.24, 2.45) is 5.92 Å². The fourth-order valence-electron chi connectivity index (χ4n) is 3.32. The summed E-state index contributed by atoms with van der Waals surface area (Å²) in [6, 6.07) is 4.90. The van der Waals surface area contributed by atoms with E-state index in [1.54, 1.807) is 6.07 Å². The van der Waals surface area contributed by atoms with Crippen molar-refractivity contribution in [2.45, 2.75) is 18.9 Å². The Morgan fingerprint density at radius 1 is 1.32 bits per heavy atom. The van der Waals surface area contributed by atoms with Crippen molar-refractivity contribution in [2.75, 3.05) is 25.0 Å². The molecular formula is C14H16FN3O. The molecule has 5 heteroatoms. The van der Waals surface area contributed by atoms with Crippen LogP contribution in [-0.4, -0.2) is 35.7 Å². The van der Waals surface area contributed by atoms with Crippen molar-refractivity contribution in [1.82, 2.24) is 10.1 Å². The normalized spacial score (nSPS) is 29.8. The van der Waals surface area contributed by atoms with E-state index in [2.05, 4.69) is 15.4 Å². The Balaban J connectivity index is 1.63. The first-order chi connectivity index (χ1) is 9.29. The first-order valence-electron chi connectivity index (χ1n) is 6.83. The lowest BCUT2D eigenvalue weighted by molar-refractivity contribution is 0.0973. The van der Waals surface area contributed by atoms with E-state index in [9.17, 15) is 4.39 Å². The van der Waals surface area contributed by atoms with Gasteiger partial charge in [-0.25, -0.2) is 4.39 Å². The molecule has 2 aromatic rings. The number of hydrogen-bond acceptors (Lipinski definition) is 4. The summed E-state index contributed by atoms with van der Waals surface area (Å²) < 4.78 is 18.6. The molecule has 5 rings (SSSR count). The number of hydrogen-bond donors (Lipinski definition) is 1. The summed E-state index contributed by atoms with van der Waals surface area (Å²) in [4.78, 5) is 2.47. The molecule has 0 radical (unpaired) electrons. The first-order valence-corrected chi connectivity index (χ1v) is 6.83. The van der Waals surface area contributed by atoms with Crippen molar-refractivity contribution < 1.29 is 8.91 Å². The molecule has 1 aromatic heterocycles. The van der Waals surface area contributed by atoms with Crippen LogP contribution in [0.4, 0.5) is 10.2 Å². The van der Waals surface area contributed by atoms with Gasteiger partial charge in [0.2, 0.25) is 0 Å².